The van der Waals surface area contributed by atoms with Gasteiger partial charge in [0.25, 0.3) is 5.91 Å². The predicted molar refractivity (Wildman–Crippen MR) is 33.2 cm³/mol. The van der Waals surface area contributed by atoms with Crippen molar-refractivity contribution in [3.8, 4) is 0 Å². The van der Waals surface area contributed by atoms with E-state index in [2.05, 4.69) is 4.84 Å². The van der Waals surface area contributed by atoms with Gasteiger partial charge in [-0.3, -0.25) is 14.4 Å². The second kappa shape index (κ2) is 2.85. The fourth-order valence-corrected chi connectivity index (χ4v) is 0.785. The summed E-state index contributed by atoms with van der Waals surface area (Å²) in [7, 11) is 0. The molecule has 0 aliphatic carbocycles. The molecule has 1 aliphatic heterocycles. The Kier molecular flexibility index (Phi) is 2.06. The van der Waals surface area contributed by atoms with Crippen LogP contribution in [0.2, 0.25) is 0 Å². The van der Waals surface area contributed by atoms with Crippen molar-refractivity contribution in [2.75, 3.05) is 0 Å². The van der Waals surface area contributed by atoms with E-state index in [1.807, 2.05) is 5.48 Å². The molecule has 2 atom stereocenters. The number of carbonyl (C=O) groups excluding carboxylic acids is 1. The highest BCUT2D eigenvalue weighted by atomic mass is 16.7. The smallest absolute Gasteiger partial charge is 0.306 e. The fraction of sp³-hybridized carbons (Fsp3) is 0.600. The Morgan fingerprint density at radius 2 is 2.45 bits per heavy atom. The van der Waals surface area contributed by atoms with Gasteiger partial charge in [-0.1, -0.05) is 0 Å². The van der Waals surface area contributed by atoms with Gasteiger partial charge >= 0.3 is 5.97 Å². The highest BCUT2D eigenvalue weighted by Gasteiger charge is 2.34. The molecular weight excluding hydrogens is 152 g/mol. The molecule has 1 aliphatic rings. The zero-order chi connectivity index (χ0) is 8.43. The van der Waals surface area contributed by atoms with E-state index in [-0.39, 0.29) is 6.42 Å². The number of carboxylic acid groups (broad SMARTS) is 1. The molecular formula is C5H8N2O4. The molecule has 0 saturated carbocycles. The van der Waals surface area contributed by atoms with Crippen molar-refractivity contribution in [2.24, 2.45) is 5.73 Å². The van der Waals surface area contributed by atoms with Crippen molar-refractivity contribution in [2.45, 2.75) is 18.6 Å². The van der Waals surface area contributed by atoms with E-state index >= 15 is 0 Å². The fourth-order valence-electron chi connectivity index (χ4n) is 0.785. The van der Waals surface area contributed by atoms with Crippen molar-refractivity contribution < 1.29 is 19.5 Å². The summed E-state index contributed by atoms with van der Waals surface area (Å²) in [6, 6.07) is -0.869. The van der Waals surface area contributed by atoms with Crippen LogP contribution in [0.5, 0.6) is 0 Å². The Labute approximate surface area is 62.3 Å². The van der Waals surface area contributed by atoms with Gasteiger partial charge in [-0.05, 0) is 0 Å². The number of nitrogens with one attached hydrogen (secondary N) is 1. The third-order valence-corrected chi connectivity index (χ3v) is 1.39. The van der Waals surface area contributed by atoms with Crippen molar-refractivity contribution >= 4 is 11.9 Å². The van der Waals surface area contributed by atoms with Crippen LogP contribution in [-0.2, 0) is 14.4 Å². The SMILES string of the molecule is NC1C(=O)NO[C@H]1CC(=O)O. The molecule has 0 aromatic heterocycles. The molecule has 4 N–H and O–H groups in total. The normalized spacial score (nSPS) is 30.1. The van der Waals surface area contributed by atoms with Gasteiger partial charge in [0.05, 0.1) is 6.42 Å². The lowest BCUT2D eigenvalue weighted by atomic mass is 10.1. The molecule has 1 fully saturated rings. The lowest BCUT2D eigenvalue weighted by Crippen LogP contribution is -2.37. The maximum absolute atomic E-state index is 10.6. The predicted octanol–water partition coefficient (Wildman–Crippen LogP) is -1.78. The van der Waals surface area contributed by atoms with Crippen LogP contribution in [0.1, 0.15) is 6.42 Å². The standard InChI is InChI=1S/C5H8N2O4/c6-4-2(1-3(8)9)11-7-5(4)10/h2,4H,1,6H2,(H,7,10)(H,8,9)/t2-,4?/m0/s1. The number of hydroxylamine groups is 1. The molecule has 1 heterocycles. The Balaban J connectivity index is 2.48. The van der Waals surface area contributed by atoms with Crippen LogP contribution in [0.3, 0.4) is 0 Å². The number of carbonyl (C=O) groups is 2. The molecule has 1 rings (SSSR count). The number of nitrogens with two attached hydrogens (primary N) is 1. The summed E-state index contributed by atoms with van der Waals surface area (Å²) in [6.45, 7) is 0. The second-order valence-electron chi connectivity index (χ2n) is 2.25. The van der Waals surface area contributed by atoms with Crippen LogP contribution in [0.4, 0.5) is 0 Å². The Hall–Kier alpha value is -1.14. The lowest BCUT2D eigenvalue weighted by Gasteiger charge is -2.06. The van der Waals surface area contributed by atoms with Crippen molar-refractivity contribution in [3.05, 3.63) is 0 Å². The minimum Gasteiger partial charge on any atom is -0.481 e. The zero-order valence-corrected chi connectivity index (χ0v) is 5.61. The maximum atomic E-state index is 10.6. The summed E-state index contributed by atoms with van der Waals surface area (Å²) in [4.78, 5) is 25.3. The summed E-state index contributed by atoms with van der Waals surface area (Å²) < 4.78 is 0. The van der Waals surface area contributed by atoms with Crippen molar-refractivity contribution in [1.29, 1.82) is 0 Å². The summed E-state index contributed by atoms with van der Waals surface area (Å²) >= 11 is 0. The summed E-state index contributed by atoms with van der Waals surface area (Å²) in [5.41, 5.74) is 7.27. The first-order valence-corrected chi connectivity index (χ1v) is 3.04. The Morgan fingerprint density at radius 3 is 2.82 bits per heavy atom. The molecule has 11 heavy (non-hydrogen) atoms. The summed E-state index contributed by atoms with van der Waals surface area (Å²) in [6.07, 6.45) is -1.01. The quantitative estimate of drug-likeness (QED) is 0.443. The first-order chi connectivity index (χ1) is 5.11. The van der Waals surface area contributed by atoms with Gasteiger partial charge in [-0.2, -0.15) is 0 Å². The van der Waals surface area contributed by atoms with Crippen LogP contribution in [0.15, 0.2) is 0 Å². The van der Waals surface area contributed by atoms with E-state index in [0.29, 0.717) is 0 Å². The number of hydrogen-bond donors (Lipinski definition) is 3. The van der Waals surface area contributed by atoms with Gasteiger partial charge in [-0.15, -0.1) is 0 Å². The third kappa shape index (κ3) is 1.66. The highest BCUT2D eigenvalue weighted by molar-refractivity contribution is 5.83. The van der Waals surface area contributed by atoms with Gasteiger partial charge in [0, 0.05) is 0 Å². The van der Waals surface area contributed by atoms with Gasteiger partial charge in [0.2, 0.25) is 0 Å². The van der Waals surface area contributed by atoms with Crippen LogP contribution in [0.25, 0.3) is 0 Å². The van der Waals surface area contributed by atoms with Crippen LogP contribution in [0, 0.1) is 0 Å². The van der Waals surface area contributed by atoms with Gasteiger partial charge in [0.1, 0.15) is 12.1 Å². The van der Waals surface area contributed by atoms with E-state index in [4.69, 9.17) is 10.8 Å². The molecule has 1 amide bonds. The van der Waals surface area contributed by atoms with E-state index in [1.165, 1.54) is 0 Å². The van der Waals surface area contributed by atoms with Gasteiger partial charge < -0.3 is 10.8 Å². The molecule has 0 bridgehead atoms. The van der Waals surface area contributed by atoms with Crippen LogP contribution in [-0.4, -0.2) is 29.1 Å². The molecule has 1 saturated heterocycles. The monoisotopic (exact) mass is 160 g/mol. The van der Waals surface area contributed by atoms with E-state index in [0.717, 1.165) is 0 Å². The Morgan fingerprint density at radius 1 is 1.82 bits per heavy atom. The summed E-state index contributed by atoms with van der Waals surface area (Å²) in [5.74, 6) is -1.52. The Bertz CT molecular complexity index is 193. The average Bonchev–Trinajstić information content (AvgIpc) is 2.18. The molecule has 1 unspecified atom stereocenters. The number of aliphatic carboxylic acids is 1. The summed E-state index contributed by atoms with van der Waals surface area (Å²) in [5, 5.41) is 8.30. The number of rotatable bonds is 2. The lowest BCUT2D eigenvalue weighted by molar-refractivity contribution is -0.140. The average molecular weight is 160 g/mol. The maximum Gasteiger partial charge on any atom is 0.306 e. The zero-order valence-electron chi connectivity index (χ0n) is 5.61. The van der Waals surface area contributed by atoms with E-state index in [9.17, 15) is 9.59 Å². The van der Waals surface area contributed by atoms with Gasteiger partial charge in [-0.25, -0.2) is 5.48 Å². The molecule has 6 heteroatoms. The van der Waals surface area contributed by atoms with E-state index in [1.54, 1.807) is 0 Å². The third-order valence-electron chi connectivity index (χ3n) is 1.39. The highest BCUT2D eigenvalue weighted by Crippen LogP contribution is 2.07. The first kappa shape index (κ1) is 7.96. The molecule has 0 aromatic rings. The van der Waals surface area contributed by atoms with Crippen LogP contribution < -0.4 is 11.2 Å². The van der Waals surface area contributed by atoms with E-state index < -0.39 is 24.0 Å². The van der Waals surface area contributed by atoms with Gasteiger partial charge in [0.15, 0.2) is 0 Å². The first-order valence-electron chi connectivity index (χ1n) is 3.04. The molecule has 0 spiro atoms. The van der Waals surface area contributed by atoms with Crippen molar-refractivity contribution in [3.63, 3.8) is 0 Å². The number of amides is 1. The largest absolute Gasteiger partial charge is 0.481 e. The van der Waals surface area contributed by atoms with Crippen LogP contribution >= 0.6 is 0 Å². The molecule has 6 nitrogen and oxygen atoms in total. The minimum absolute atomic E-state index is 0.264. The topological polar surface area (TPSA) is 102 Å². The molecule has 0 aromatic carbocycles. The van der Waals surface area contributed by atoms with Crippen molar-refractivity contribution in [1.82, 2.24) is 5.48 Å². The molecule has 62 valence electrons. The number of carboxylic acids is 1. The minimum atomic E-state index is -1.04. The molecule has 0 radical (unpaired) electrons. The number of hydrogen-bond acceptors (Lipinski definition) is 4. The second-order valence-corrected chi connectivity index (χ2v) is 2.25.